The fourth-order valence-electron chi connectivity index (χ4n) is 4.14. The Labute approximate surface area is 155 Å². The lowest BCUT2D eigenvalue weighted by molar-refractivity contribution is -0.140. The van der Waals surface area contributed by atoms with Gasteiger partial charge in [0.25, 0.3) is 0 Å². The van der Waals surface area contributed by atoms with Gasteiger partial charge in [-0.25, -0.2) is 0 Å². The van der Waals surface area contributed by atoms with Crippen LogP contribution in [0.25, 0.3) is 0 Å². The monoisotopic (exact) mass is 362 g/mol. The summed E-state index contributed by atoms with van der Waals surface area (Å²) in [6, 6.07) is 0. The van der Waals surface area contributed by atoms with Crippen LogP contribution < -0.4 is 0 Å². The van der Waals surface area contributed by atoms with Crippen molar-refractivity contribution in [3.8, 4) is 0 Å². The minimum absolute atomic E-state index is 0.0723. The van der Waals surface area contributed by atoms with E-state index in [1.807, 2.05) is 11.8 Å². The summed E-state index contributed by atoms with van der Waals surface area (Å²) >= 11 is 0. The summed E-state index contributed by atoms with van der Waals surface area (Å²) in [4.78, 5) is 25.6. The maximum absolute atomic E-state index is 12.4. The quantitative estimate of drug-likeness (QED) is 0.729. The molecule has 7 nitrogen and oxygen atoms in total. The number of aliphatic hydroxyl groups is 1. The normalized spacial score (nSPS) is 24.4. The number of aliphatic hydroxyl groups excluding tert-OH is 1. The van der Waals surface area contributed by atoms with Gasteiger partial charge in [-0.3, -0.25) is 14.8 Å². The van der Waals surface area contributed by atoms with E-state index in [2.05, 4.69) is 14.9 Å². The van der Waals surface area contributed by atoms with Gasteiger partial charge in [0.2, 0.25) is 5.91 Å². The average Bonchev–Trinajstić information content (AvgIpc) is 2.64. The summed E-state index contributed by atoms with van der Waals surface area (Å²) in [7, 11) is 0. The highest BCUT2D eigenvalue weighted by Gasteiger charge is 2.41. The van der Waals surface area contributed by atoms with Gasteiger partial charge in [-0.05, 0) is 32.7 Å². The number of ether oxygens (including phenoxy) is 1. The largest absolute Gasteiger partial charge is 0.394 e. The molecule has 7 heteroatoms. The van der Waals surface area contributed by atoms with Crippen LogP contribution in [0, 0.1) is 12.3 Å². The molecule has 2 saturated heterocycles. The minimum Gasteiger partial charge on any atom is -0.394 e. The zero-order chi connectivity index (χ0) is 18.4. The smallest absolute Gasteiger partial charge is 0.222 e. The van der Waals surface area contributed by atoms with Crippen molar-refractivity contribution < 1.29 is 14.6 Å². The summed E-state index contributed by atoms with van der Waals surface area (Å²) < 4.78 is 5.42. The van der Waals surface area contributed by atoms with Crippen molar-refractivity contribution in [2.75, 3.05) is 46.0 Å². The van der Waals surface area contributed by atoms with Crippen molar-refractivity contribution in [3.05, 3.63) is 23.8 Å². The molecule has 26 heavy (non-hydrogen) atoms. The average molecular weight is 362 g/mol. The molecular weight excluding hydrogens is 332 g/mol. The van der Waals surface area contributed by atoms with Crippen LogP contribution in [-0.4, -0.2) is 76.8 Å². The Hall–Kier alpha value is -1.57. The molecule has 144 valence electrons. The maximum atomic E-state index is 12.4. The Morgan fingerprint density at radius 1 is 1.23 bits per heavy atom. The molecule has 1 spiro atoms. The molecule has 1 N–H and O–H groups in total. The van der Waals surface area contributed by atoms with Crippen molar-refractivity contribution in [3.63, 3.8) is 0 Å². The maximum Gasteiger partial charge on any atom is 0.222 e. The van der Waals surface area contributed by atoms with Gasteiger partial charge in [0.15, 0.2) is 0 Å². The summed E-state index contributed by atoms with van der Waals surface area (Å²) in [5, 5.41) is 8.81. The lowest BCUT2D eigenvalue weighted by atomic mass is 9.73. The van der Waals surface area contributed by atoms with Crippen molar-refractivity contribution in [1.82, 2.24) is 19.8 Å². The fourth-order valence-corrected chi connectivity index (χ4v) is 4.14. The van der Waals surface area contributed by atoms with Gasteiger partial charge in [-0.2, -0.15) is 0 Å². The number of rotatable bonds is 7. The molecule has 0 radical (unpaired) electrons. The van der Waals surface area contributed by atoms with E-state index < -0.39 is 0 Å². The predicted octanol–water partition coefficient (Wildman–Crippen LogP) is 0.999. The third-order valence-electron chi connectivity index (χ3n) is 5.46. The molecule has 1 aromatic rings. The second kappa shape index (κ2) is 8.88. The summed E-state index contributed by atoms with van der Waals surface area (Å²) in [6.45, 7) is 7.38. The molecule has 2 fully saturated rings. The number of piperidine rings is 2. The first-order valence-electron chi connectivity index (χ1n) is 9.56. The second-order valence-electron chi connectivity index (χ2n) is 7.61. The number of hydrogen-bond acceptors (Lipinski definition) is 6. The van der Waals surface area contributed by atoms with E-state index in [-0.39, 0.29) is 17.9 Å². The number of nitrogens with zero attached hydrogens (tertiary/aromatic N) is 4. The van der Waals surface area contributed by atoms with Crippen molar-refractivity contribution in [1.29, 1.82) is 0 Å². The number of hydrogen-bond donors (Lipinski definition) is 1. The molecule has 0 saturated carbocycles. The molecular formula is C19H30N4O3. The van der Waals surface area contributed by atoms with E-state index in [0.717, 1.165) is 50.4 Å². The van der Waals surface area contributed by atoms with E-state index in [1.165, 1.54) is 6.42 Å². The van der Waals surface area contributed by atoms with Crippen LogP contribution in [-0.2, 0) is 16.1 Å². The Balaban J connectivity index is 1.58. The van der Waals surface area contributed by atoms with Crippen LogP contribution >= 0.6 is 0 Å². The zero-order valence-corrected chi connectivity index (χ0v) is 15.7. The molecule has 3 heterocycles. The number of aromatic nitrogens is 2. The van der Waals surface area contributed by atoms with Crippen molar-refractivity contribution in [2.45, 2.75) is 39.2 Å². The molecule has 1 atom stereocenters. The molecule has 3 rings (SSSR count). The zero-order valence-electron chi connectivity index (χ0n) is 15.7. The molecule has 1 amide bonds. The van der Waals surface area contributed by atoms with Gasteiger partial charge < -0.3 is 19.6 Å². The van der Waals surface area contributed by atoms with Crippen LogP contribution in [0.15, 0.2) is 12.4 Å². The van der Waals surface area contributed by atoms with Gasteiger partial charge in [-0.1, -0.05) is 0 Å². The molecule has 0 aromatic carbocycles. The van der Waals surface area contributed by atoms with Gasteiger partial charge >= 0.3 is 0 Å². The topological polar surface area (TPSA) is 78.8 Å². The highest BCUT2D eigenvalue weighted by Crippen LogP contribution is 2.39. The van der Waals surface area contributed by atoms with Gasteiger partial charge in [0, 0.05) is 37.7 Å². The Kier molecular flexibility index (Phi) is 6.56. The van der Waals surface area contributed by atoms with Crippen molar-refractivity contribution in [2.24, 2.45) is 5.41 Å². The third-order valence-corrected chi connectivity index (χ3v) is 5.46. The first-order chi connectivity index (χ1) is 12.6. The molecule has 0 unspecified atom stereocenters. The minimum atomic E-state index is 0.0723. The summed E-state index contributed by atoms with van der Waals surface area (Å²) in [5.74, 6) is 0.224. The highest BCUT2D eigenvalue weighted by atomic mass is 16.5. The Morgan fingerprint density at radius 3 is 2.88 bits per heavy atom. The number of amides is 1. The molecule has 2 aliphatic heterocycles. The predicted molar refractivity (Wildman–Crippen MR) is 97.4 cm³/mol. The first kappa shape index (κ1) is 19.2. The molecule has 0 aliphatic carbocycles. The lowest BCUT2D eigenvalue weighted by Gasteiger charge is -2.48. The highest BCUT2D eigenvalue weighted by molar-refractivity contribution is 5.77. The first-order valence-corrected chi connectivity index (χ1v) is 9.56. The summed E-state index contributed by atoms with van der Waals surface area (Å²) in [5.41, 5.74) is 1.92. The molecule has 1 aromatic heterocycles. The Morgan fingerprint density at radius 2 is 2.12 bits per heavy atom. The van der Waals surface area contributed by atoms with Crippen LogP contribution in [0.3, 0.4) is 0 Å². The van der Waals surface area contributed by atoms with Crippen LogP contribution in [0.1, 0.15) is 37.1 Å². The molecule has 2 aliphatic rings. The second-order valence-corrected chi connectivity index (χ2v) is 7.61. The van der Waals surface area contributed by atoms with E-state index in [1.54, 1.807) is 12.4 Å². The SMILES string of the molecule is Cc1cnc(CN2C[C@]3(CCCN(CCOCCO)C3)CCC2=O)cn1. The number of carbonyl (C=O) groups is 1. The standard InChI is InChI=1S/C19H30N4O3/c1-16-11-21-17(12-20-16)13-23-15-19(5-3-18(23)25)4-2-6-22(14-19)7-9-26-10-8-24/h11-12,24H,2-10,13-15H2,1H3/t19-/m1/s1. The van der Waals surface area contributed by atoms with Crippen LogP contribution in [0.5, 0.6) is 0 Å². The van der Waals surface area contributed by atoms with E-state index in [9.17, 15) is 4.79 Å². The third kappa shape index (κ3) is 4.99. The lowest BCUT2D eigenvalue weighted by Crippen LogP contribution is -2.54. The van der Waals surface area contributed by atoms with Crippen LogP contribution in [0.2, 0.25) is 0 Å². The van der Waals surface area contributed by atoms with Gasteiger partial charge in [0.05, 0.1) is 44.0 Å². The number of carbonyl (C=O) groups excluding carboxylic acids is 1. The fraction of sp³-hybridized carbons (Fsp3) is 0.737. The molecule has 0 bridgehead atoms. The Bertz CT molecular complexity index is 595. The van der Waals surface area contributed by atoms with Gasteiger partial charge in [-0.15, -0.1) is 0 Å². The van der Waals surface area contributed by atoms with Crippen molar-refractivity contribution >= 4 is 5.91 Å². The number of likely N-dealkylation sites (tertiary alicyclic amines) is 2. The van der Waals surface area contributed by atoms with E-state index in [0.29, 0.717) is 26.2 Å². The number of aryl methyl sites for hydroxylation is 1. The summed E-state index contributed by atoms with van der Waals surface area (Å²) in [6.07, 6.45) is 7.45. The van der Waals surface area contributed by atoms with E-state index in [4.69, 9.17) is 9.84 Å². The van der Waals surface area contributed by atoms with Crippen LogP contribution in [0.4, 0.5) is 0 Å². The van der Waals surface area contributed by atoms with E-state index >= 15 is 0 Å². The van der Waals surface area contributed by atoms with Gasteiger partial charge in [0.1, 0.15) is 0 Å².